The second-order valence-corrected chi connectivity index (χ2v) is 8.88. The Labute approximate surface area is 192 Å². The van der Waals surface area contributed by atoms with E-state index in [0.29, 0.717) is 39.1 Å². The highest BCUT2D eigenvalue weighted by Gasteiger charge is 2.14. The fourth-order valence-electron chi connectivity index (χ4n) is 3.47. The lowest BCUT2D eigenvalue weighted by atomic mass is 10.2. The highest BCUT2D eigenvalue weighted by atomic mass is 35.5. The topological polar surface area (TPSA) is 63.6 Å². The van der Waals surface area contributed by atoms with Gasteiger partial charge in [0.05, 0.1) is 34.2 Å². The molecule has 1 N–H and O–H groups in total. The molecule has 5 aromatic rings. The number of imidazole rings is 1. The Bertz CT molecular complexity index is 1460. The first kappa shape index (κ1) is 20.1. The van der Waals surface area contributed by atoms with E-state index in [1.54, 1.807) is 18.2 Å². The molecular weight excluding hydrogens is 451 g/mol. The summed E-state index contributed by atoms with van der Waals surface area (Å²) in [6.45, 7) is 0.679. The SMILES string of the molecule is O=c1[nH]c(CSc2nc3cc(Cl)ccc3n2Cc2ccccc2)nc2cc(Cl)ccc12. The smallest absolute Gasteiger partial charge is 0.258 e. The number of hydrogen-bond donors (Lipinski definition) is 1. The minimum Gasteiger partial charge on any atom is -0.314 e. The lowest BCUT2D eigenvalue weighted by molar-refractivity contribution is 0.730. The molecule has 0 atom stereocenters. The molecule has 0 saturated carbocycles. The number of H-pyrrole nitrogens is 1. The number of fused-ring (bicyclic) bond motifs is 2. The zero-order valence-corrected chi connectivity index (χ0v) is 18.5. The van der Waals surface area contributed by atoms with Crippen molar-refractivity contribution in [1.82, 2.24) is 19.5 Å². The summed E-state index contributed by atoms with van der Waals surface area (Å²) in [6.07, 6.45) is 0. The molecule has 2 aromatic heterocycles. The largest absolute Gasteiger partial charge is 0.314 e. The van der Waals surface area contributed by atoms with Gasteiger partial charge in [-0.3, -0.25) is 4.79 Å². The number of halogens is 2. The zero-order chi connectivity index (χ0) is 21.4. The molecule has 0 aliphatic heterocycles. The number of nitrogens with one attached hydrogen (secondary N) is 1. The number of aromatic amines is 1. The summed E-state index contributed by atoms with van der Waals surface area (Å²) in [5.41, 5.74) is 3.41. The van der Waals surface area contributed by atoms with Gasteiger partial charge >= 0.3 is 0 Å². The molecule has 0 aliphatic rings. The van der Waals surface area contributed by atoms with Crippen LogP contribution >= 0.6 is 35.0 Å². The predicted molar refractivity (Wildman–Crippen MR) is 127 cm³/mol. The maximum absolute atomic E-state index is 12.4. The summed E-state index contributed by atoms with van der Waals surface area (Å²) < 4.78 is 2.15. The van der Waals surface area contributed by atoms with Crippen molar-refractivity contribution >= 4 is 56.9 Å². The van der Waals surface area contributed by atoms with Gasteiger partial charge in [0, 0.05) is 10.0 Å². The second-order valence-electron chi connectivity index (χ2n) is 7.06. The molecule has 0 radical (unpaired) electrons. The van der Waals surface area contributed by atoms with Crippen LogP contribution in [0.3, 0.4) is 0 Å². The molecule has 2 heterocycles. The van der Waals surface area contributed by atoms with Crippen molar-refractivity contribution < 1.29 is 0 Å². The van der Waals surface area contributed by atoms with Gasteiger partial charge in [-0.15, -0.1) is 0 Å². The normalized spacial score (nSPS) is 11.4. The van der Waals surface area contributed by atoms with Crippen LogP contribution in [0.4, 0.5) is 0 Å². The first-order valence-corrected chi connectivity index (χ1v) is 11.3. The van der Waals surface area contributed by atoms with Crippen molar-refractivity contribution in [2.24, 2.45) is 0 Å². The molecule has 31 heavy (non-hydrogen) atoms. The van der Waals surface area contributed by atoms with Crippen LogP contribution in [-0.4, -0.2) is 19.5 Å². The lowest BCUT2D eigenvalue weighted by Crippen LogP contribution is -2.11. The summed E-state index contributed by atoms with van der Waals surface area (Å²) in [5.74, 6) is 1.03. The van der Waals surface area contributed by atoms with Crippen LogP contribution in [-0.2, 0) is 12.3 Å². The minimum atomic E-state index is -0.179. The van der Waals surface area contributed by atoms with E-state index in [0.717, 1.165) is 16.2 Å². The van der Waals surface area contributed by atoms with Gasteiger partial charge in [0.25, 0.3) is 5.56 Å². The summed E-state index contributed by atoms with van der Waals surface area (Å²) in [4.78, 5) is 24.6. The van der Waals surface area contributed by atoms with Gasteiger partial charge in [-0.1, -0.05) is 65.3 Å². The van der Waals surface area contributed by atoms with Crippen LogP contribution < -0.4 is 5.56 Å². The minimum absolute atomic E-state index is 0.179. The van der Waals surface area contributed by atoms with Crippen molar-refractivity contribution in [3.8, 4) is 0 Å². The maximum Gasteiger partial charge on any atom is 0.258 e. The molecule has 5 nitrogen and oxygen atoms in total. The van der Waals surface area contributed by atoms with Crippen molar-refractivity contribution in [3.05, 3.63) is 98.5 Å². The summed E-state index contributed by atoms with van der Waals surface area (Å²) in [6, 6.07) is 21.0. The summed E-state index contributed by atoms with van der Waals surface area (Å²) in [7, 11) is 0. The van der Waals surface area contributed by atoms with Crippen molar-refractivity contribution in [1.29, 1.82) is 0 Å². The van der Waals surface area contributed by atoms with Crippen molar-refractivity contribution in [2.75, 3.05) is 0 Å². The van der Waals surface area contributed by atoms with E-state index < -0.39 is 0 Å². The Morgan fingerprint density at radius 3 is 2.45 bits per heavy atom. The van der Waals surface area contributed by atoms with Gasteiger partial charge in [-0.25, -0.2) is 9.97 Å². The Balaban J connectivity index is 1.51. The van der Waals surface area contributed by atoms with Gasteiger partial charge < -0.3 is 9.55 Å². The standard InChI is InChI=1S/C23H16Cl2N4OS/c24-15-6-8-17-18(10-15)26-21(28-22(17)30)13-31-23-27-19-11-16(25)7-9-20(19)29(23)12-14-4-2-1-3-5-14/h1-11H,12-13H2,(H,26,28,30). The van der Waals surface area contributed by atoms with Gasteiger partial charge in [0.1, 0.15) is 5.82 Å². The predicted octanol–water partition coefficient (Wildman–Crippen LogP) is 5.92. The molecule has 3 aromatic carbocycles. The Morgan fingerprint density at radius 2 is 1.65 bits per heavy atom. The molecule has 0 bridgehead atoms. The molecular formula is C23H16Cl2N4OS. The van der Waals surface area contributed by atoms with Crippen molar-refractivity contribution in [3.63, 3.8) is 0 Å². The van der Waals surface area contributed by atoms with E-state index in [1.165, 1.54) is 17.3 Å². The third kappa shape index (κ3) is 4.19. The average molecular weight is 467 g/mol. The molecule has 0 aliphatic carbocycles. The quantitative estimate of drug-likeness (QED) is 0.326. The van der Waals surface area contributed by atoms with Crippen LogP contribution in [0.25, 0.3) is 21.9 Å². The third-order valence-corrected chi connectivity index (χ3v) is 6.37. The van der Waals surface area contributed by atoms with E-state index in [4.69, 9.17) is 28.2 Å². The van der Waals surface area contributed by atoms with Crippen LogP contribution in [0, 0.1) is 0 Å². The lowest BCUT2D eigenvalue weighted by Gasteiger charge is -2.09. The molecule has 0 saturated heterocycles. The average Bonchev–Trinajstić information content (AvgIpc) is 3.09. The van der Waals surface area contributed by atoms with E-state index in [1.807, 2.05) is 36.4 Å². The number of nitrogens with zero attached hydrogens (tertiary/aromatic N) is 3. The number of benzene rings is 3. The van der Waals surface area contributed by atoms with Crippen LogP contribution in [0.1, 0.15) is 11.4 Å². The second kappa shape index (κ2) is 8.38. The Kier molecular flexibility index (Phi) is 5.44. The van der Waals surface area contributed by atoms with E-state index in [2.05, 4.69) is 26.7 Å². The summed E-state index contributed by atoms with van der Waals surface area (Å²) in [5, 5.41) is 2.54. The van der Waals surface area contributed by atoms with Gasteiger partial charge in [-0.05, 0) is 42.0 Å². The molecule has 0 amide bonds. The van der Waals surface area contributed by atoms with Crippen molar-refractivity contribution in [2.45, 2.75) is 17.5 Å². The summed E-state index contributed by atoms with van der Waals surface area (Å²) >= 11 is 13.8. The molecule has 0 spiro atoms. The highest BCUT2D eigenvalue weighted by molar-refractivity contribution is 7.98. The Hall–Kier alpha value is -2.80. The fourth-order valence-corrected chi connectivity index (χ4v) is 4.69. The molecule has 5 rings (SSSR count). The van der Waals surface area contributed by atoms with Crippen LogP contribution in [0.15, 0.2) is 76.7 Å². The van der Waals surface area contributed by atoms with Gasteiger partial charge in [0.2, 0.25) is 0 Å². The third-order valence-electron chi connectivity index (χ3n) is 4.91. The van der Waals surface area contributed by atoms with Gasteiger partial charge in [-0.2, -0.15) is 0 Å². The van der Waals surface area contributed by atoms with Gasteiger partial charge in [0.15, 0.2) is 5.16 Å². The monoisotopic (exact) mass is 466 g/mol. The van der Waals surface area contributed by atoms with E-state index >= 15 is 0 Å². The number of hydrogen-bond acceptors (Lipinski definition) is 4. The maximum atomic E-state index is 12.4. The molecule has 154 valence electrons. The number of thioether (sulfide) groups is 1. The van der Waals surface area contributed by atoms with E-state index in [-0.39, 0.29) is 5.56 Å². The highest BCUT2D eigenvalue weighted by Crippen LogP contribution is 2.29. The molecule has 0 unspecified atom stereocenters. The first-order chi connectivity index (χ1) is 15.1. The molecule has 8 heteroatoms. The molecule has 0 fully saturated rings. The number of aromatic nitrogens is 4. The van der Waals surface area contributed by atoms with Crippen LogP contribution in [0.5, 0.6) is 0 Å². The zero-order valence-electron chi connectivity index (χ0n) is 16.2. The fraction of sp³-hybridized carbons (Fsp3) is 0.0870. The first-order valence-electron chi connectivity index (χ1n) is 9.58. The number of rotatable bonds is 5. The Morgan fingerprint density at radius 1 is 0.903 bits per heavy atom. The van der Waals surface area contributed by atoms with Crippen LogP contribution in [0.2, 0.25) is 10.0 Å². The van der Waals surface area contributed by atoms with E-state index in [9.17, 15) is 4.79 Å².